The zero-order chi connectivity index (χ0) is 39.9. The number of phosphoric acid groups is 1. The van der Waals surface area contributed by atoms with Gasteiger partial charge >= 0.3 is 5.97 Å². The molecule has 54 heavy (non-hydrogen) atoms. The van der Waals surface area contributed by atoms with Crippen LogP contribution in [0.2, 0.25) is 0 Å². The Morgan fingerprint density at radius 2 is 1.07 bits per heavy atom. The minimum absolute atomic E-state index is 0.0207. The fourth-order valence-corrected chi connectivity index (χ4v) is 6.21. The Kier molecular flexibility index (Phi) is 36.8. The predicted molar refractivity (Wildman–Crippen MR) is 226 cm³/mol. The highest BCUT2D eigenvalue weighted by atomic mass is 31.2. The average molecular weight is 780 g/mol. The van der Waals surface area contributed by atoms with Gasteiger partial charge in [0.25, 0.3) is 7.82 Å². The number of nitrogens with zero attached hydrogens (tertiary/aromatic N) is 1. The Morgan fingerprint density at radius 1 is 0.593 bits per heavy atom. The third kappa shape index (κ3) is 41.4. The van der Waals surface area contributed by atoms with E-state index in [1.165, 1.54) is 70.6 Å². The number of carbonyl (C=O) groups excluding carboxylic acids is 1. The highest BCUT2D eigenvalue weighted by Gasteiger charge is 2.20. The van der Waals surface area contributed by atoms with E-state index < -0.39 is 13.9 Å². The summed E-state index contributed by atoms with van der Waals surface area (Å²) in [6.07, 6.45) is 46.6. The molecule has 0 aliphatic rings. The molecule has 0 aromatic rings. The minimum atomic E-state index is -4.53. The molecule has 0 amide bonds. The number of hydrogen-bond donors (Lipinski definition) is 0. The molecule has 2 atom stereocenters. The number of phosphoric ester groups is 1. The molecule has 0 aliphatic heterocycles. The Bertz CT molecular complexity index is 1050. The van der Waals surface area contributed by atoms with Crippen LogP contribution in [0.25, 0.3) is 0 Å². The standard InChI is InChI=1S/C45H82NO7P/c1-6-8-10-12-14-16-18-19-20-21-22-23-24-25-26-27-28-30-32-34-36-38-45(47)53-44(43-52-54(48,49)51-41-39-46(3,4)5)42-50-40-37-35-33-31-29-17-15-13-11-9-7-2/h8,10-11,13-14,16,19-20,22-23,44H,6-7,9,12,15,17-18,21,24-43H2,1-5H3/b10-8-,13-11-,16-14-,20-19-,23-22-. The summed E-state index contributed by atoms with van der Waals surface area (Å²) in [4.78, 5) is 25.0. The number of unbranched alkanes of at least 4 members (excludes halogenated alkanes) is 15. The maximum Gasteiger partial charge on any atom is 0.306 e. The van der Waals surface area contributed by atoms with Crippen molar-refractivity contribution in [1.82, 2.24) is 0 Å². The summed E-state index contributed by atoms with van der Waals surface area (Å²) in [6.45, 7) is 5.21. The van der Waals surface area contributed by atoms with Crippen LogP contribution in [0.15, 0.2) is 60.8 Å². The summed E-state index contributed by atoms with van der Waals surface area (Å²) in [6, 6.07) is 0. The van der Waals surface area contributed by atoms with E-state index in [0.29, 0.717) is 24.1 Å². The number of quaternary nitrogens is 1. The molecule has 0 bridgehead atoms. The van der Waals surface area contributed by atoms with Crippen molar-refractivity contribution in [2.75, 3.05) is 54.1 Å². The summed E-state index contributed by atoms with van der Waals surface area (Å²) in [5, 5.41) is 0. The molecular formula is C45H82NO7P. The second kappa shape index (κ2) is 38.1. The van der Waals surface area contributed by atoms with Gasteiger partial charge in [-0.1, -0.05) is 145 Å². The van der Waals surface area contributed by atoms with Gasteiger partial charge in [0.05, 0.1) is 34.4 Å². The number of esters is 1. The molecule has 0 radical (unpaired) electrons. The Labute approximate surface area is 332 Å². The van der Waals surface area contributed by atoms with Gasteiger partial charge < -0.3 is 27.9 Å². The lowest BCUT2D eigenvalue weighted by molar-refractivity contribution is -0.870. The van der Waals surface area contributed by atoms with Crippen molar-refractivity contribution in [1.29, 1.82) is 0 Å². The molecule has 314 valence electrons. The van der Waals surface area contributed by atoms with Gasteiger partial charge in [-0.25, -0.2) is 0 Å². The monoisotopic (exact) mass is 780 g/mol. The largest absolute Gasteiger partial charge is 0.756 e. The topological polar surface area (TPSA) is 94.1 Å². The van der Waals surface area contributed by atoms with E-state index in [-0.39, 0.29) is 25.8 Å². The number of likely N-dealkylation sites (N-methyl/N-ethyl adjacent to an activating group) is 1. The summed E-state index contributed by atoms with van der Waals surface area (Å²) >= 11 is 0. The summed E-state index contributed by atoms with van der Waals surface area (Å²) in [5.41, 5.74) is 0. The second-order valence-electron chi connectivity index (χ2n) is 15.3. The third-order valence-corrected chi connectivity index (χ3v) is 9.75. The number of carbonyl (C=O) groups is 1. The van der Waals surface area contributed by atoms with Crippen molar-refractivity contribution in [2.45, 2.75) is 168 Å². The molecule has 0 saturated heterocycles. The van der Waals surface area contributed by atoms with Gasteiger partial charge in [0.2, 0.25) is 0 Å². The van der Waals surface area contributed by atoms with Crippen molar-refractivity contribution in [3.63, 3.8) is 0 Å². The third-order valence-electron chi connectivity index (χ3n) is 8.78. The fourth-order valence-electron chi connectivity index (χ4n) is 5.48. The van der Waals surface area contributed by atoms with Crippen LogP contribution >= 0.6 is 7.82 Å². The maximum atomic E-state index is 12.7. The van der Waals surface area contributed by atoms with Crippen molar-refractivity contribution in [3.8, 4) is 0 Å². The van der Waals surface area contributed by atoms with Crippen molar-refractivity contribution in [3.05, 3.63) is 60.8 Å². The van der Waals surface area contributed by atoms with Crippen LogP contribution in [0.4, 0.5) is 0 Å². The number of hydrogen-bond acceptors (Lipinski definition) is 7. The van der Waals surface area contributed by atoms with Crippen LogP contribution in [-0.4, -0.2) is 70.7 Å². The van der Waals surface area contributed by atoms with Crippen molar-refractivity contribution in [2.24, 2.45) is 0 Å². The van der Waals surface area contributed by atoms with Gasteiger partial charge in [0.1, 0.15) is 19.3 Å². The number of rotatable bonds is 39. The molecule has 2 unspecified atom stereocenters. The van der Waals surface area contributed by atoms with Gasteiger partial charge in [-0.05, 0) is 70.6 Å². The molecule has 0 aromatic carbocycles. The highest BCUT2D eigenvalue weighted by molar-refractivity contribution is 7.45. The molecule has 0 spiro atoms. The predicted octanol–water partition coefficient (Wildman–Crippen LogP) is 11.9. The quantitative estimate of drug-likeness (QED) is 0.0202. The van der Waals surface area contributed by atoms with Crippen LogP contribution in [-0.2, 0) is 27.9 Å². The molecule has 0 fully saturated rings. The van der Waals surface area contributed by atoms with Gasteiger partial charge in [-0.3, -0.25) is 9.36 Å². The normalized spacial score (nSPS) is 14.4. The fraction of sp³-hybridized carbons (Fsp3) is 0.756. The first-order valence-electron chi connectivity index (χ1n) is 21.5. The van der Waals surface area contributed by atoms with Crippen LogP contribution < -0.4 is 4.89 Å². The molecule has 0 aliphatic carbocycles. The lowest BCUT2D eigenvalue weighted by atomic mass is 10.1. The molecule has 8 nitrogen and oxygen atoms in total. The second-order valence-corrected chi connectivity index (χ2v) is 16.7. The molecule has 0 rings (SSSR count). The Balaban J connectivity index is 4.22. The van der Waals surface area contributed by atoms with Crippen LogP contribution in [0.3, 0.4) is 0 Å². The van der Waals surface area contributed by atoms with Gasteiger partial charge in [0, 0.05) is 13.0 Å². The Hall–Kier alpha value is -1.80. The molecule has 0 saturated carbocycles. The maximum absolute atomic E-state index is 12.7. The lowest BCUT2D eigenvalue weighted by Gasteiger charge is -2.28. The SMILES string of the molecule is CC/C=C\C/C=C\C/C=C\C/C=C\CCCCCCCCCCC(=O)OC(COCCCCCCCC/C=C\CCC)COP(=O)([O-])OCC[N+](C)(C)C. The molecular weight excluding hydrogens is 697 g/mol. The van der Waals surface area contributed by atoms with E-state index in [1.807, 2.05) is 21.1 Å². The minimum Gasteiger partial charge on any atom is -0.756 e. The molecule has 0 heterocycles. The first kappa shape index (κ1) is 52.2. The van der Waals surface area contributed by atoms with Crippen LogP contribution in [0.1, 0.15) is 162 Å². The smallest absolute Gasteiger partial charge is 0.306 e. The zero-order valence-electron chi connectivity index (χ0n) is 35.4. The van der Waals surface area contributed by atoms with Crippen LogP contribution in [0, 0.1) is 0 Å². The van der Waals surface area contributed by atoms with E-state index in [2.05, 4.69) is 74.6 Å². The summed E-state index contributed by atoms with van der Waals surface area (Å²) < 4.78 is 34.5. The van der Waals surface area contributed by atoms with Crippen LogP contribution in [0.5, 0.6) is 0 Å². The number of allylic oxidation sites excluding steroid dienone is 10. The van der Waals surface area contributed by atoms with E-state index in [4.69, 9.17) is 18.5 Å². The van der Waals surface area contributed by atoms with E-state index >= 15 is 0 Å². The van der Waals surface area contributed by atoms with E-state index in [9.17, 15) is 14.3 Å². The summed E-state index contributed by atoms with van der Waals surface area (Å²) in [7, 11) is 1.34. The highest BCUT2D eigenvalue weighted by Crippen LogP contribution is 2.38. The van der Waals surface area contributed by atoms with Gasteiger partial charge in [-0.15, -0.1) is 0 Å². The lowest BCUT2D eigenvalue weighted by Crippen LogP contribution is -2.37. The van der Waals surface area contributed by atoms with Gasteiger partial charge in [-0.2, -0.15) is 0 Å². The number of ether oxygens (including phenoxy) is 2. The van der Waals surface area contributed by atoms with Crippen molar-refractivity contribution < 1.29 is 37.3 Å². The Morgan fingerprint density at radius 3 is 1.63 bits per heavy atom. The zero-order valence-corrected chi connectivity index (χ0v) is 36.3. The molecule has 0 N–H and O–H groups in total. The molecule has 9 heteroatoms. The van der Waals surface area contributed by atoms with E-state index in [0.717, 1.165) is 70.6 Å². The molecule has 0 aromatic heterocycles. The average Bonchev–Trinajstić information content (AvgIpc) is 3.12. The van der Waals surface area contributed by atoms with E-state index in [1.54, 1.807) is 0 Å². The first-order valence-corrected chi connectivity index (χ1v) is 23.0. The van der Waals surface area contributed by atoms with Crippen molar-refractivity contribution >= 4 is 13.8 Å². The van der Waals surface area contributed by atoms with Gasteiger partial charge in [0.15, 0.2) is 0 Å². The summed E-state index contributed by atoms with van der Waals surface area (Å²) in [5.74, 6) is -0.348. The first-order chi connectivity index (χ1) is 26.1.